The maximum absolute atomic E-state index is 11.5. The minimum atomic E-state index is -0.392. The molecule has 0 atom stereocenters. The minimum absolute atomic E-state index is 0.0353. The smallest absolute Gasteiger partial charge is 0.343 e. The Bertz CT molecular complexity index is 675. The Balaban J connectivity index is 1.87. The van der Waals surface area contributed by atoms with Gasteiger partial charge in [-0.1, -0.05) is 49.2 Å². The summed E-state index contributed by atoms with van der Waals surface area (Å²) in [6, 6.07) is 9.78. The van der Waals surface area contributed by atoms with Gasteiger partial charge in [0.1, 0.15) is 6.33 Å². The summed E-state index contributed by atoms with van der Waals surface area (Å²) in [4.78, 5) is 20.3. The van der Waals surface area contributed by atoms with Crippen LogP contribution in [0.3, 0.4) is 0 Å². The predicted octanol–water partition coefficient (Wildman–Crippen LogP) is 4.28. The van der Waals surface area contributed by atoms with E-state index < -0.39 is 4.92 Å². The Hall–Kier alpha value is -2.15. The van der Waals surface area contributed by atoms with Crippen molar-refractivity contribution in [3.05, 3.63) is 46.8 Å². The number of aromatic nitrogens is 2. The largest absolute Gasteiger partial charge is 0.361 e. The van der Waals surface area contributed by atoms with Crippen LogP contribution >= 0.6 is 11.8 Å². The molecule has 0 radical (unpaired) electrons. The van der Waals surface area contributed by atoms with Crippen LogP contribution in [0.5, 0.6) is 0 Å². The number of nitrogens with zero attached hydrogens (tertiary/aromatic N) is 3. The first-order chi connectivity index (χ1) is 11.2. The van der Waals surface area contributed by atoms with E-state index in [9.17, 15) is 10.1 Å². The molecule has 2 aromatic rings. The number of nitrogens with one attached hydrogen (secondary N) is 1. The normalized spacial score (nSPS) is 15.3. The van der Waals surface area contributed by atoms with E-state index in [4.69, 9.17) is 0 Å². The van der Waals surface area contributed by atoms with E-state index in [2.05, 4.69) is 15.3 Å². The molecular weight excluding hydrogens is 312 g/mol. The van der Waals surface area contributed by atoms with Crippen LogP contribution in [-0.4, -0.2) is 20.9 Å². The van der Waals surface area contributed by atoms with Crippen molar-refractivity contribution in [2.24, 2.45) is 0 Å². The van der Waals surface area contributed by atoms with E-state index >= 15 is 0 Å². The van der Waals surface area contributed by atoms with Gasteiger partial charge < -0.3 is 5.32 Å². The third-order valence-electron chi connectivity index (χ3n) is 3.88. The zero-order valence-electron chi connectivity index (χ0n) is 12.6. The van der Waals surface area contributed by atoms with E-state index in [1.807, 2.05) is 30.3 Å². The molecule has 1 aliphatic rings. The summed E-state index contributed by atoms with van der Waals surface area (Å²) in [5, 5.41) is 15.2. The van der Waals surface area contributed by atoms with E-state index in [0.717, 1.165) is 30.6 Å². The average molecular weight is 330 g/mol. The fraction of sp³-hybridized carbons (Fsp3) is 0.375. The molecule has 0 saturated heterocycles. The van der Waals surface area contributed by atoms with E-state index in [1.54, 1.807) is 0 Å². The molecule has 120 valence electrons. The highest BCUT2D eigenvalue weighted by Crippen LogP contribution is 2.37. The SMILES string of the molecule is O=[N+]([O-])c1c(NC2CCCCC2)ncnc1Sc1ccccc1. The molecule has 0 amide bonds. The summed E-state index contributed by atoms with van der Waals surface area (Å²) in [5.74, 6) is 0.329. The monoisotopic (exact) mass is 330 g/mol. The molecule has 6 nitrogen and oxygen atoms in total. The van der Waals surface area contributed by atoms with Gasteiger partial charge in [0.2, 0.25) is 5.82 Å². The summed E-state index contributed by atoms with van der Waals surface area (Å²) in [7, 11) is 0. The topological polar surface area (TPSA) is 81.0 Å². The van der Waals surface area contributed by atoms with Gasteiger partial charge in [0.05, 0.1) is 4.92 Å². The van der Waals surface area contributed by atoms with Crippen molar-refractivity contribution in [1.29, 1.82) is 0 Å². The van der Waals surface area contributed by atoms with Crippen LogP contribution in [0.15, 0.2) is 46.6 Å². The second-order valence-corrected chi connectivity index (χ2v) is 6.59. The molecule has 7 heteroatoms. The van der Waals surface area contributed by atoms with Gasteiger partial charge in [-0.15, -0.1) is 0 Å². The second-order valence-electron chi connectivity index (χ2n) is 5.53. The lowest BCUT2D eigenvalue weighted by Gasteiger charge is -2.23. The van der Waals surface area contributed by atoms with Gasteiger partial charge in [-0.3, -0.25) is 10.1 Å². The molecule has 0 bridgehead atoms. The fourth-order valence-electron chi connectivity index (χ4n) is 2.75. The summed E-state index contributed by atoms with van der Waals surface area (Å²) in [6.07, 6.45) is 7.00. The van der Waals surface area contributed by atoms with Crippen LogP contribution in [0.2, 0.25) is 0 Å². The summed E-state index contributed by atoms with van der Waals surface area (Å²) < 4.78 is 0. The lowest BCUT2D eigenvalue weighted by Crippen LogP contribution is -2.23. The molecule has 1 saturated carbocycles. The average Bonchev–Trinajstić information content (AvgIpc) is 2.56. The maximum Gasteiger partial charge on any atom is 0.343 e. The predicted molar refractivity (Wildman–Crippen MR) is 89.7 cm³/mol. The third-order valence-corrected chi connectivity index (χ3v) is 4.87. The number of nitro groups is 1. The van der Waals surface area contributed by atoms with Gasteiger partial charge in [0, 0.05) is 10.9 Å². The van der Waals surface area contributed by atoms with Gasteiger partial charge in [0.15, 0.2) is 5.03 Å². The summed E-state index contributed by atoms with van der Waals surface area (Å²) >= 11 is 1.29. The van der Waals surface area contributed by atoms with Crippen molar-refractivity contribution in [1.82, 2.24) is 9.97 Å². The second kappa shape index (κ2) is 7.41. The Morgan fingerprint density at radius 2 is 1.87 bits per heavy atom. The van der Waals surface area contributed by atoms with Gasteiger partial charge in [-0.25, -0.2) is 9.97 Å². The summed E-state index contributed by atoms with van der Waals surface area (Å²) in [6.45, 7) is 0. The fourth-order valence-corrected chi connectivity index (χ4v) is 3.63. The Morgan fingerprint density at radius 3 is 2.57 bits per heavy atom. The van der Waals surface area contributed by atoms with Crippen LogP contribution in [0, 0.1) is 10.1 Å². The van der Waals surface area contributed by atoms with Gasteiger partial charge >= 0.3 is 5.69 Å². The minimum Gasteiger partial charge on any atom is -0.361 e. The molecule has 1 fully saturated rings. The highest BCUT2D eigenvalue weighted by atomic mass is 32.2. The van der Waals surface area contributed by atoms with E-state index in [-0.39, 0.29) is 11.7 Å². The molecular formula is C16H18N4O2S. The van der Waals surface area contributed by atoms with Crippen LogP contribution < -0.4 is 5.32 Å². The molecule has 1 aliphatic carbocycles. The lowest BCUT2D eigenvalue weighted by atomic mass is 9.95. The maximum atomic E-state index is 11.5. The highest BCUT2D eigenvalue weighted by molar-refractivity contribution is 7.99. The van der Waals surface area contributed by atoms with Crippen LogP contribution in [0.25, 0.3) is 0 Å². The first-order valence-electron chi connectivity index (χ1n) is 7.73. The molecule has 0 aliphatic heterocycles. The number of hydrogen-bond acceptors (Lipinski definition) is 6. The molecule has 23 heavy (non-hydrogen) atoms. The number of anilines is 1. The highest BCUT2D eigenvalue weighted by Gasteiger charge is 2.26. The zero-order valence-corrected chi connectivity index (χ0v) is 13.5. The first-order valence-corrected chi connectivity index (χ1v) is 8.54. The third kappa shape index (κ3) is 3.98. The number of benzene rings is 1. The Morgan fingerprint density at radius 1 is 1.13 bits per heavy atom. The van der Waals surface area contributed by atoms with Crippen molar-refractivity contribution < 1.29 is 4.92 Å². The van der Waals surface area contributed by atoms with E-state index in [1.165, 1.54) is 24.5 Å². The molecule has 1 aromatic heterocycles. The molecule has 3 rings (SSSR count). The van der Waals surface area contributed by atoms with Crippen molar-refractivity contribution in [2.75, 3.05) is 5.32 Å². The molecule has 1 heterocycles. The van der Waals surface area contributed by atoms with Crippen LogP contribution in [0.4, 0.5) is 11.5 Å². The van der Waals surface area contributed by atoms with Crippen molar-refractivity contribution >= 4 is 23.3 Å². The van der Waals surface area contributed by atoms with Gasteiger partial charge in [-0.05, 0) is 25.0 Å². The number of hydrogen-bond donors (Lipinski definition) is 1. The van der Waals surface area contributed by atoms with Crippen molar-refractivity contribution in [2.45, 2.75) is 48.1 Å². The summed E-state index contributed by atoms with van der Waals surface area (Å²) in [5.41, 5.74) is -0.0353. The standard InChI is InChI=1S/C16H18N4O2S/c21-20(22)14-15(19-12-7-3-1-4-8-12)17-11-18-16(14)23-13-9-5-2-6-10-13/h2,5-6,9-12H,1,3-4,7-8H2,(H,17,18,19). The Labute approximate surface area is 138 Å². The molecule has 1 N–H and O–H groups in total. The van der Waals surface area contributed by atoms with Crippen molar-refractivity contribution in [3.63, 3.8) is 0 Å². The molecule has 1 aromatic carbocycles. The molecule has 0 spiro atoms. The molecule has 0 unspecified atom stereocenters. The van der Waals surface area contributed by atoms with Crippen molar-refractivity contribution in [3.8, 4) is 0 Å². The first kappa shape index (κ1) is 15.7. The zero-order chi connectivity index (χ0) is 16.1. The van der Waals surface area contributed by atoms with Crippen LogP contribution in [0.1, 0.15) is 32.1 Å². The number of rotatable bonds is 5. The lowest BCUT2D eigenvalue weighted by molar-refractivity contribution is -0.387. The Kier molecular flexibility index (Phi) is 5.07. The van der Waals surface area contributed by atoms with Gasteiger partial charge in [0.25, 0.3) is 0 Å². The van der Waals surface area contributed by atoms with Crippen LogP contribution in [-0.2, 0) is 0 Å². The van der Waals surface area contributed by atoms with E-state index in [0.29, 0.717) is 10.8 Å². The van der Waals surface area contributed by atoms with Gasteiger partial charge in [-0.2, -0.15) is 0 Å². The quantitative estimate of drug-likeness (QED) is 0.500.